The standard InChI is InChI=1S/C13H18N2O/c1-2-5-13(6-3-1)7-4-8-14-15-9-11-16-12-10-15/h5,8H,1-3,6,9-12H2/b14-8-. The van der Waals surface area contributed by atoms with Crippen molar-refractivity contribution in [2.45, 2.75) is 25.7 Å². The molecule has 0 saturated carbocycles. The molecule has 3 heteroatoms. The first-order valence-corrected chi connectivity index (χ1v) is 6.01. The highest BCUT2D eigenvalue weighted by Crippen LogP contribution is 2.15. The molecule has 0 aromatic heterocycles. The molecule has 3 nitrogen and oxygen atoms in total. The zero-order valence-corrected chi connectivity index (χ0v) is 9.61. The first-order valence-electron chi connectivity index (χ1n) is 6.01. The SMILES string of the molecule is C(#CC1=CCCCC1)/C=N\N1CCOCC1. The third kappa shape index (κ3) is 3.71. The van der Waals surface area contributed by atoms with Crippen LogP contribution < -0.4 is 0 Å². The Labute approximate surface area is 97.2 Å². The van der Waals surface area contributed by atoms with Gasteiger partial charge in [-0.1, -0.05) is 12.0 Å². The van der Waals surface area contributed by atoms with Gasteiger partial charge in [0.15, 0.2) is 0 Å². The summed E-state index contributed by atoms with van der Waals surface area (Å²) in [6.07, 6.45) is 8.87. The fourth-order valence-corrected chi connectivity index (χ4v) is 1.86. The zero-order valence-electron chi connectivity index (χ0n) is 9.61. The Hall–Kier alpha value is -1.27. The third-order valence-corrected chi connectivity index (χ3v) is 2.80. The Bertz CT molecular complexity index is 330. The van der Waals surface area contributed by atoms with E-state index in [2.05, 4.69) is 23.0 Å². The number of nitrogens with zero attached hydrogens (tertiary/aromatic N) is 2. The Morgan fingerprint density at radius 3 is 2.94 bits per heavy atom. The molecule has 0 spiro atoms. The van der Waals surface area contributed by atoms with Gasteiger partial charge in [-0.2, -0.15) is 5.10 Å². The van der Waals surface area contributed by atoms with Crippen molar-refractivity contribution in [1.82, 2.24) is 5.01 Å². The Kier molecular flexibility index (Phi) is 4.45. The minimum absolute atomic E-state index is 0.774. The first-order chi connectivity index (χ1) is 7.95. The van der Waals surface area contributed by atoms with E-state index < -0.39 is 0 Å². The van der Waals surface area contributed by atoms with Crippen LogP contribution in [-0.4, -0.2) is 37.5 Å². The maximum Gasteiger partial charge on any atom is 0.0972 e. The molecule has 0 aromatic carbocycles. The number of ether oxygens (including phenoxy) is 1. The molecule has 0 atom stereocenters. The van der Waals surface area contributed by atoms with Crippen molar-refractivity contribution in [2.75, 3.05) is 26.3 Å². The van der Waals surface area contributed by atoms with Gasteiger partial charge in [0.1, 0.15) is 0 Å². The van der Waals surface area contributed by atoms with Gasteiger partial charge in [-0.25, -0.2) is 0 Å². The van der Waals surface area contributed by atoms with Crippen molar-refractivity contribution in [3.05, 3.63) is 11.6 Å². The monoisotopic (exact) mass is 218 g/mol. The molecule has 0 amide bonds. The lowest BCUT2D eigenvalue weighted by atomic mass is 10.0. The number of allylic oxidation sites excluding steroid dienone is 2. The van der Waals surface area contributed by atoms with E-state index in [1.807, 2.05) is 5.01 Å². The van der Waals surface area contributed by atoms with Gasteiger partial charge in [-0.3, -0.25) is 5.01 Å². The number of hydrazone groups is 1. The van der Waals surface area contributed by atoms with Gasteiger partial charge in [-0.05, 0) is 37.2 Å². The highest BCUT2D eigenvalue weighted by atomic mass is 16.5. The lowest BCUT2D eigenvalue weighted by Crippen LogP contribution is -2.32. The second-order valence-electron chi connectivity index (χ2n) is 4.06. The van der Waals surface area contributed by atoms with Gasteiger partial charge in [0.2, 0.25) is 0 Å². The van der Waals surface area contributed by atoms with Crippen molar-refractivity contribution < 1.29 is 4.74 Å². The largest absolute Gasteiger partial charge is 0.378 e. The lowest BCUT2D eigenvalue weighted by Gasteiger charge is -2.23. The summed E-state index contributed by atoms with van der Waals surface area (Å²) in [5.41, 5.74) is 1.28. The Morgan fingerprint density at radius 1 is 1.31 bits per heavy atom. The van der Waals surface area contributed by atoms with E-state index in [9.17, 15) is 0 Å². The van der Waals surface area contributed by atoms with E-state index in [0.29, 0.717) is 0 Å². The zero-order chi connectivity index (χ0) is 11.1. The van der Waals surface area contributed by atoms with E-state index >= 15 is 0 Å². The molecule has 2 rings (SSSR count). The highest BCUT2D eigenvalue weighted by Gasteiger charge is 2.05. The fourth-order valence-electron chi connectivity index (χ4n) is 1.86. The van der Waals surface area contributed by atoms with Gasteiger partial charge < -0.3 is 4.74 Å². The van der Waals surface area contributed by atoms with Crippen molar-refractivity contribution in [3.8, 4) is 11.8 Å². The van der Waals surface area contributed by atoms with Crippen LogP contribution in [0.4, 0.5) is 0 Å². The predicted octanol–water partition coefficient (Wildman–Crippen LogP) is 1.81. The average molecular weight is 218 g/mol. The van der Waals surface area contributed by atoms with Crippen LogP contribution in [-0.2, 0) is 4.74 Å². The van der Waals surface area contributed by atoms with Gasteiger partial charge in [0.05, 0.1) is 32.5 Å². The summed E-state index contributed by atoms with van der Waals surface area (Å²) >= 11 is 0. The summed E-state index contributed by atoms with van der Waals surface area (Å²) in [4.78, 5) is 0. The second kappa shape index (κ2) is 6.34. The number of morpholine rings is 1. The molecule has 0 unspecified atom stereocenters. The predicted molar refractivity (Wildman–Crippen MR) is 65.2 cm³/mol. The van der Waals surface area contributed by atoms with Crippen LogP contribution in [0.1, 0.15) is 25.7 Å². The Balaban J connectivity index is 1.79. The second-order valence-corrected chi connectivity index (χ2v) is 4.06. The van der Waals surface area contributed by atoms with E-state index in [4.69, 9.17) is 4.74 Å². The van der Waals surface area contributed by atoms with Crippen LogP contribution in [0.2, 0.25) is 0 Å². The normalized spacial score (nSPS) is 21.5. The summed E-state index contributed by atoms with van der Waals surface area (Å²) in [7, 11) is 0. The molecule has 16 heavy (non-hydrogen) atoms. The lowest BCUT2D eigenvalue weighted by molar-refractivity contribution is 0.0397. The molecule has 1 saturated heterocycles. The molecule has 0 N–H and O–H groups in total. The van der Waals surface area contributed by atoms with Gasteiger partial charge in [0.25, 0.3) is 0 Å². The van der Waals surface area contributed by atoms with Gasteiger partial charge >= 0.3 is 0 Å². The van der Waals surface area contributed by atoms with Crippen LogP contribution in [0.25, 0.3) is 0 Å². The summed E-state index contributed by atoms with van der Waals surface area (Å²) in [5, 5.41) is 6.30. The summed E-state index contributed by atoms with van der Waals surface area (Å²) in [6.45, 7) is 3.30. The van der Waals surface area contributed by atoms with E-state index in [0.717, 1.165) is 32.7 Å². The summed E-state index contributed by atoms with van der Waals surface area (Å²) in [6, 6.07) is 0. The molecule has 1 aliphatic heterocycles. The molecular weight excluding hydrogens is 200 g/mol. The molecular formula is C13H18N2O. The summed E-state index contributed by atoms with van der Waals surface area (Å²) < 4.78 is 5.24. The maximum atomic E-state index is 5.24. The van der Waals surface area contributed by atoms with Crippen molar-refractivity contribution >= 4 is 6.21 Å². The average Bonchev–Trinajstić information content (AvgIpc) is 2.37. The van der Waals surface area contributed by atoms with Crippen molar-refractivity contribution in [1.29, 1.82) is 0 Å². The molecule has 0 aromatic rings. The van der Waals surface area contributed by atoms with Crippen molar-refractivity contribution in [3.63, 3.8) is 0 Å². The molecule has 2 aliphatic rings. The molecule has 0 radical (unpaired) electrons. The third-order valence-electron chi connectivity index (χ3n) is 2.80. The topological polar surface area (TPSA) is 24.8 Å². The highest BCUT2D eigenvalue weighted by molar-refractivity contribution is 5.78. The van der Waals surface area contributed by atoms with E-state index in [1.54, 1.807) is 6.21 Å². The van der Waals surface area contributed by atoms with Crippen LogP contribution in [0, 0.1) is 11.8 Å². The molecule has 1 aliphatic carbocycles. The molecule has 1 heterocycles. The molecule has 1 fully saturated rings. The number of hydrogen-bond acceptors (Lipinski definition) is 3. The number of hydrogen-bond donors (Lipinski definition) is 0. The van der Waals surface area contributed by atoms with Crippen LogP contribution in [0.15, 0.2) is 16.8 Å². The van der Waals surface area contributed by atoms with Crippen LogP contribution in [0.5, 0.6) is 0 Å². The van der Waals surface area contributed by atoms with Crippen LogP contribution in [0.3, 0.4) is 0 Å². The minimum atomic E-state index is 0.774. The van der Waals surface area contributed by atoms with Crippen molar-refractivity contribution in [2.24, 2.45) is 5.10 Å². The smallest absolute Gasteiger partial charge is 0.0972 e. The van der Waals surface area contributed by atoms with E-state index in [1.165, 1.54) is 24.8 Å². The minimum Gasteiger partial charge on any atom is -0.378 e. The fraction of sp³-hybridized carbons (Fsp3) is 0.615. The first kappa shape index (κ1) is 11.2. The van der Waals surface area contributed by atoms with Crippen LogP contribution >= 0.6 is 0 Å². The number of rotatable bonds is 1. The van der Waals surface area contributed by atoms with Gasteiger partial charge in [0, 0.05) is 0 Å². The van der Waals surface area contributed by atoms with E-state index in [-0.39, 0.29) is 0 Å². The summed E-state index contributed by atoms with van der Waals surface area (Å²) in [5.74, 6) is 6.18. The quantitative estimate of drug-likeness (QED) is 0.495. The van der Waals surface area contributed by atoms with Gasteiger partial charge in [-0.15, -0.1) is 0 Å². The maximum absolute atomic E-state index is 5.24. The Morgan fingerprint density at radius 2 is 2.19 bits per heavy atom. The molecule has 0 bridgehead atoms. The molecule has 86 valence electrons.